The van der Waals surface area contributed by atoms with Gasteiger partial charge in [-0.05, 0) is 25.5 Å². The van der Waals surface area contributed by atoms with Gasteiger partial charge in [-0.25, -0.2) is 9.97 Å². The van der Waals surface area contributed by atoms with E-state index < -0.39 is 0 Å². The Labute approximate surface area is 134 Å². The molecule has 1 aliphatic heterocycles. The molecule has 7 nitrogen and oxygen atoms in total. The summed E-state index contributed by atoms with van der Waals surface area (Å²) in [5, 5.41) is 0. The number of hydrogen-bond donors (Lipinski definition) is 0. The van der Waals surface area contributed by atoms with Crippen LogP contribution in [0.3, 0.4) is 0 Å². The first-order chi connectivity index (χ1) is 11.2. The molecule has 1 fully saturated rings. The Morgan fingerprint density at radius 3 is 3.04 bits per heavy atom. The highest BCUT2D eigenvalue weighted by Gasteiger charge is 2.31. The number of likely N-dealkylation sites (N-methyl/N-ethyl adjacent to an activating group) is 1. The molecule has 0 unspecified atom stereocenters. The average molecular weight is 316 g/mol. The molecule has 0 radical (unpaired) electrons. The Morgan fingerprint density at radius 1 is 1.48 bits per heavy atom. The van der Waals surface area contributed by atoms with Gasteiger partial charge >= 0.3 is 0 Å². The third-order valence-electron chi connectivity index (χ3n) is 3.99. The monoisotopic (exact) mass is 316 g/mol. The summed E-state index contributed by atoms with van der Waals surface area (Å²) in [5.41, 5.74) is 0. The van der Waals surface area contributed by atoms with Gasteiger partial charge in [-0.1, -0.05) is 0 Å². The van der Waals surface area contributed by atoms with E-state index >= 15 is 0 Å². The first-order valence-electron chi connectivity index (χ1n) is 7.70. The smallest absolute Gasteiger partial charge is 0.289 e. The summed E-state index contributed by atoms with van der Waals surface area (Å²) in [6.07, 6.45) is 5.65. The quantitative estimate of drug-likeness (QED) is 0.838. The minimum absolute atomic E-state index is 0.101. The van der Waals surface area contributed by atoms with Crippen LogP contribution >= 0.6 is 0 Å². The number of carbonyl (C=O) groups excluding carboxylic acids is 1. The van der Waals surface area contributed by atoms with E-state index in [1.807, 2.05) is 6.92 Å². The molecular formula is C16H20N4O3. The molecule has 0 aliphatic carbocycles. The first-order valence-corrected chi connectivity index (χ1v) is 7.70. The van der Waals surface area contributed by atoms with Gasteiger partial charge in [0.15, 0.2) is 11.6 Å². The molecule has 0 bridgehead atoms. The number of carbonyl (C=O) groups is 1. The Kier molecular flexibility index (Phi) is 4.45. The summed E-state index contributed by atoms with van der Waals surface area (Å²) in [5.74, 6) is 1.53. The SMILES string of the molecule is CCOc1nccnc1N1CC[C@H](N(C)C(=O)c2ccco2)C1. The molecule has 2 aromatic heterocycles. The maximum absolute atomic E-state index is 12.4. The lowest BCUT2D eigenvalue weighted by Crippen LogP contribution is -2.39. The topological polar surface area (TPSA) is 71.7 Å². The lowest BCUT2D eigenvalue weighted by atomic mass is 10.2. The third kappa shape index (κ3) is 3.13. The summed E-state index contributed by atoms with van der Waals surface area (Å²) < 4.78 is 10.7. The fourth-order valence-corrected chi connectivity index (χ4v) is 2.76. The Hall–Kier alpha value is -2.57. The van der Waals surface area contributed by atoms with Gasteiger partial charge in [0.1, 0.15) is 0 Å². The van der Waals surface area contributed by atoms with Crippen molar-refractivity contribution in [2.24, 2.45) is 0 Å². The maximum Gasteiger partial charge on any atom is 0.289 e. The van der Waals surface area contributed by atoms with Gasteiger partial charge in [-0.15, -0.1) is 0 Å². The van der Waals surface area contributed by atoms with E-state index in [-0.39, 0.29) is 11.9 Å². The van der Waals surface area contributed by atoms with Gasteiger partial charge < -0.3 is 19.0 Å². The van der Waals surface area contributed by atoms with E-state index in [1.165, 1.54) is 6.26 Å². The summed E-state index contributed by atoms with van der Waals surface area (Å²) in [6, 6.07) is 3.50. The highest BCUT2D eigenvalue weighted by Crippen LogP contribution is 2.27. The molecule has 1 aliphatic rings. The van der Waals surface area contributed by atoms with Gasteiger partial charge in [-0.2, -0.15) is 0 Å². The number of amides is 1. The molecule has 3 heterocycles. The normalized spacial score (nSPS) is 17.3. The van der Waals surface area contributed by atoms with Crippen molar-refractivity contribution >= 4 is 11.7 Å². The van der Waals surface area contributed by atoms with Crippen LogP contribution in [0.4, 0.5) is 5.82 Å². The fraction of sp³-hybridized carbons (Fsp3) is 0.438. The van der Waals surface area contributed by atoms with Gasteiger partial charge in [-0.3, -0.25) is 4.79 Å². The number of aromatic nitrogens is 2. The van der Waals surface area contributed by atoms with Crippen molar-refractivity contribution in [3.63, 3.8) is 0 Å². The predicted octanol–water partition coefficient (Wildman–Crippen LogP) is 1.82. The minimum Gasteiger partial charge on any atom is -0.475 e. The molecule has 1 saturated heterocycles. The molecule has 1 atom stereocenters. The zero-order chi connectivity index (χ0) is 16.2. The van der Waals surface area contributed by atoms with E-state index in [9.17, 15) is 4.79 Å². The van der Waals surface area contributed by atoms with Crippen molar-refractivity contribution < 1.29 is 13.9 Å². The fourth-order valence-electron chi connectivity index (χ4n) is 2.76. The molecule has 23 heavy (non-hydrogen) atoms. The summed E-state index contributed by atoms with van der Waals surface area (Å²) >= 11 is 0. The van der Waals surface area contributed by atoms with Gasteiger partial charge in [0.2, 0.25) is 0 Å². The van der Waals surface area contributed by atoms with Crippen molar-refractivity contribution in [2.75, 3.05) is 31.6 Å². The van der Waals surface area contributed by atoms with Gasteiger partial charge in [0.05, 0.1) is 18.9 Å². The van der Waals surface area contributed by atoms with E-state index in [0.717, 1.165) is 18.8 Å². The molecule has 0 aromatic carbocycles. The van der Waals surface area contributed by atoms with E-state index in [1.54, 1.807) is 36.5 Å². The van der Waals surface area contributed by atoms with Gasteiger partial charge in [0, 0.05) is 32.5 Å². The number of hydrogen-bond acceptors (Lipinski definition) is 6. The van der Waals surface area contributed by atoms with Crippen LogP contribution in [0.2, 0.25) is 0 Å². The van der Waals surface area contributed by atoms with Crippen molar-refractivity contribution in [1.82, 2.24) is 14.9 Å². The second kappa shape index (κ2) is 6.68. The zero-order valence-corrected chi connectivity index (χ0v) is 13.3. The van der Waals surface area contributed by atoms with Crippen LogP contribution in [0, 0.1) is 0 Å². The molecule has 0 N–H and O–H groups in total. The number of nitrogens with zero attached hydrogens (tertiary/aromatic N) is 4. The Balaban J connectivity index is 1.70. The van der Waals surface area contributed by atoms with Crippen LogP contribution < -0.4 is 9.64 Å². The standard InChI is InChI=1S/C16H20N4O3/c1-3-22-15-14(17-7-8-18-15)20-9-6-12(11-20)19(2)16(21)13-5-4-10-23-13/h4-5,7-8,10,12H,3,6,9,11H2,1-2H3/t12-/m0/s1. The van der Waals surface area contributed by atoms with Crippen LogP contribution in [-0.4, -0.2) is 53.6 Å². The van der Waals surface area contributed by atoms with E-state index in [2.05, 4.69) is 14.9 Å². The summed E-state index contributed by atoms with van der Waals surface area (Å²) in [4.78, 5) is 24.8. The molecule has 3 rings (SSSR count). The van der Waals surface area contributed by atoms with Crippen LogP contribution in [0.25, 0.3) is 0 Å². The van der Waals surface area contributed by atoms with E-state index in [4.69, 9.17) is 9.15 Å². The predicted molar refractivity (Wildman–Crippen MR) is 84.6 cm³/mol. The molecule has 0 spiro atoms. The summed E-state index contributed by atoms with van der Waals surface area (Å²) in [6.45, 7) is 3.96. The zero-order valence-electron chi connectivity index (χ0n) is 13.3. The molecular weight excluding hydrogens is 296 g/mol. The highest BCUT2D eigenvalue weighted by atomic mass is 16.5. The largest absolute Gasteiger partial charge is 0.475 e. The van der Waals surface area contributed by atoms with Crippen LogP contribution in [-0.2, 0) is 0 Å². The first kappa shape index (κ1) is 15.3. The second-order valence-corrected chi connectivity index (χ2v) is 5.40. The van der Waals surface area contributed by atoms with Crippen molar-refractivity contribution in [1.29, 1.82) is 0 Å². The minimum atomic E-state index is -0.106. The third-order valence-corrected chi connectivity index (χ3v) is 3.99. The van der Waals surface area contributed by atoms with Crippen LogP contribution in [0.15, 0.2) is 35.2 Å². The number of furan rings is 1. The van der Waals surface area contributed by atoms with Crippen LogP contribution in [0.5, 0.6) is 5.88 Å². The molecule has 1 amide bonds. The van der Waals surface area contributed by atoms with Crippen molar-refractivity contribution in [3.05, 3.63) is 36.5 Å². The Bertz CT molecular complexity index is 659. The second-order valence-electron chi connectivity index (χ2n) is 5.40. The Morgan fingerprint density at radius 2 is 2.30 bits per heavy atom. The van der Waals surface area contributed by atoms with Gasteiger partial charge in [0.25, 0.3) is 11.8 Å². The molecule has 2 aromatic rings. The molecule has 7 heteroatoms. The average Bonchev–Trinajstić information content (AvgIpc) is 3.26. The number of anilines is 1. The molecule has 0 saturated carbocycles. The number of ether oxygens (including phenoxy) is 1. The highest BCUT2D eigenvalue weighted by molar-refractivity contribution is 5.91. The lowest BCUT2D eigenvalue weighted by Gasteiger charge is -2.24. The number of rotatable bonds is 5. The van der Waals surface area contributed by atoms with Crippen molar-refractivity contribution in [2.45, 2.75) is 19.4 Å². The lowest BCUT2D eigenvalue weighted by molar-refractivity contribution is 0.0713. The van der Waals surface area contributed by atoms with Crippen LogP contribution in [0.1, 0.15) is 23.9 Å². The van der Waals surface area contributed by atoms with E-state index in [0.29, 0.717) is 24.8 Å². The van der Waals surface area contributed by atoms with Crippen molar-refractivity contribution in [3.8, 4) is 5.88 Å². The summed E-state index contributed by atoms with van der Waals surface area (Å²) in [7, 11) is 1.80. The molecule has 122 valence electrons. The maximum atomic E-state index is 12.4.